The quantitative estimate of drug-likeness (QED) is 0.358. The highest BCUT2D eigenvalue weighted by molar-refractivity contribution is 7.78. The van der Waals surface area contributed by atoms with Crippen LogP contribution in [0.4, 0.5) is 5.69 Å². The lowest BCUT2D eigenvalue weighted by molar-refractivity contribution is -0.131. The van der Waals surface area contributed by atoms with Gasteiger partial charge in [-0.1, -0.05) is 41.4 Å². The highest BCUT2D eigenvalue weighted by Crippen LogP contribution is 2.28. The SMILES string of the molecule is CN(C(=O)Cc1ccc(Cl)c(Cl)c1)[C@@H](CN1CCCC1)c1cccc(N=C=S)c1.Cl. The molecule has 0 saturated carbocycles. The standard InChI is InChI=1S/C22H23Cl2N3OS.ClH/c1-26(22(28)12-16-7-8-19(23)20(24)11-16)21(14-27-9-2-3-10-27)17-5-4-6-18(13-17)25-15-29;/h4-8,11,13,21H,2-3,9-10,12,14H2,1H3;1H/t21-;/m0./s1. The number of isothiocyanates is 1. The first kappa shape index (κ1) is 24.8. The first-order valence-electron chi connectivity index (χ1n) is 9.57. The van der Waals surface area contributed by atoms with Crippen LogP contribution in [0.3, 0.4) is 0 Å². The van der Waals surface area contributed by atoms with Crippen molar-refractivity contribution < 1.29 is 4.79 Å². The van der Waals surface area contributed by atoms with Crippen molar-refractivity contribution >= 4 is 64.6 Å². The second-order valence-electron chi connectivity index (χ2n) is 7.25. The van der Waals surface area contributed by atoms with Crippen LogP contribution in [-0.2, 0) is 11.2 Å². The Bertz CT molecular complexity index is 928. The molecule has 0 unspecified atom stereocenters. The van der Waals surface area contributed by atoms with Crippen molar-refractivity contribution in [3.05, 3.63) is 63.6 Å². The summed E-state index contributed by atoms with van der Waals surface area (Å²) < 4.78 is 0. The normalized spacial score (nSPS) is 14.5. The van der Waals surface area contributed by atoms with E-state index in [1.54, 1.807) is 12.1 Å². The van der Waals surface area contributed by atoms with Crippen molar-refractivity contribution in [3.8, 4) is 0 Å². The number of likely N-dealkylation sites (N-methyl/N-ethyl adjacent to an activating group) is 1. The number of hydrogen-bond donors (Lipinski definition) is 0. The van der Waals surface area contributed by atoms with Crippen molar-refractivity contribution in [2.24, 2.45) is 4.99 Å². The zero-order valence-electron chi connectivity index (χ0n) is 16.7. The fourth-order valence-corrected chi connectivity index (χ4v) is 4.06. The fourth-order valence-electron chi connectivity index (χ4n) is 3.64. The van der Waals surface area contributed by atoms with Crippen LogP contribution >= 0.6 is 47.8 Å². The predicted molar refractivity (Wildman–Crippen MR) is 130 cm³/mol. The molecule has 1 aliphatic heterocycles. The molecule has 1 fully saturated rings. The molecule has 1 atom stereocenters. The van der Waals surface area contributed by atoms with E-state index in [2.05, 4.69) is 15.1 Å². The largest absolute Gasteiger partial charge is 0.337 e. The molecular formula is C22H24Cl3N3OS. The summed E-state index contributed by atoms with van der Waals surface area (Å²) in [5.74, 6) is 0.0244. The summed E-state index contributed by atoms with van der Waals surface area (Å²) in [4.78, 5) is 21.4. The minimum absolute atomic E-state index is 0. The molecule has 0 spiro atoms. The number of rotatable bonds is 7. The van der Waals surface area contributed by atoms with Crippen LogP contribution in [0.15, 0.2) is 47.5 Å². The van der Waals surface area contributed by atoms with Gasteiger partial charge in [-0.3, -0.25) is 4.79 Å². The molecule has 0 bridgehead atoms. The lowest BCUT2D eigenvalue weighted by Gasteiger charge is -2.32. The Morgan fingerprint density at radius 2 is 1.93 bits per heavy atom. The predicted octanol–water partition coefficient (Wildman–Crippen LogP) is 5.99. The lowest BCUT2D eigenvalue weighted by Crippen LogP contribution is -2.39. The van der Waals surface area contributed by atoms with E-state index in [-0.39, 0.29) is 30.8 Å². The maximum absolute atomic E-state index is 13.1. The van der Waals surface area contributed by atoms with Gasteiger partial charge in [-0.2, -0.15) is 4.99 Å². The Hall–Kier alpha value is -1.46. The van der Waals surface area contributed by atoms with Gasteiger partial charge < -0.3 is 9.80 Å². The van der Waals surface area contributed by atoms with Crippen LogP contribution in [0.25, 0.3) is 0 Å². The van der Waals surface area contributed by atoms with Crippen molar-refractivity contribution in [2.75, 3.05) is 26.7 Å². The number of carbonyl (C=O) groups is 1. The summed E-state index contributed by atoms with van der Waals surface area (Å²) in [7, 11) is 1.86. The maximum Gasteiger partial charge on any atom is 0.227 e. The van der Waals surface area contributed by atoms with Gasteiger partial charge in [0.05, 0.1) is 33.4 Å². The van der Waals surface area contributed by atoms with Crippen LogP contribution in [-0.4, -0.2) is 47.6 Å². The average Bonchev–Trinajstić information content (AvgIpc) is 3.22. The van der Waals surface area contributed by atoms with E-state index in [1.165, 1.54) is 12.8 Å². The summed E-state index contributed by atoms with van der Waals surface area (Å²) in [6.45, 7) is 2.90. The Morgan fingerprint density at radius 3 is 2.60 bits per heavy atom. The van der Waals surface area contributed by atoms with E-state index in [4.69, 9.17) is 35.4 Å². The maximum atomic E-state index is 13.1. The Morgan fingerprint density at radius 1 is 1.20 bits per heavy atom. The van der Waals surface area contributed by atoms with Gasteiger partial charge >= 0.3 is 0 Å². The van der Waals surface area contributed by atoms with Gasteiger partial charge in [-0.05, 0) is 73.5 Å². The number of aliphatic imine (C=N–C) groups is 1. The number of thiocarbonyl (C=S) groups is 1. The minimum atomic E-state index is -0.0800. The topological polar surface area (TPSA) is 35.9 Å². The average molecular weight is 485 g/mol. The van der Waals surface area contributed by atoms with Gasteiger partial charge in [0.1, 0.15) is 0 Å². The van der Waals surface area contributed by atoms with E-state index < -0.39 is 0 Å². The minimum Gasteiger partial charge on any atom is -0.337 e. The van der Waals surface area contributed by atoms with Gasteiger partial charge in [0.25, 0.3) is 0 Å². The highest BCUT2D eigenvalue weighted by Gasteiger charge is 2.26. The third-order valence-corrected chi connectivity index (χ3v) is 6.09. The lowest BCUT2D eigenvalue weighted by atomic mass is 10.0. The van der Waals surface area contributed by atoms with Crippen LogP contribution in [0, 0.1) is 0 Å². The monoisotopic (exact) mass is 483 g/mol. The van der Waals surface area contributed by atoms with E-state index in [1.807, 2.05) is 42.3 Å². The number of likely N-dealkylation sites (tertiary alicyclic amines) is 1. The summed E-state index contributed by atoms with van der Waals surface area (Å²) >= 11 is 16.8. The van der Waals surface area contributed by atoms with E-state index in [0.717, 1.165) is 36.4 Å². The Kier molecular flexibility index (Phi) is 9.76. The molecule has 160 valence electrons. The second-order valence-corrected chi connectivity index (χ2v) is 8.25. The molecule has 0 aromatic heterocycles. The third-order valence-electron chi connectivity index (χ3n) is 5.26. The molecule has 3 rings (SSSR count). The van der Waals surface area contributed by atoms with Crippen molar-refractivity contribution in [3.63, 3.8) is 0 Å². The summed E-state index contributed by atoms with van der Waals surface area (Å²) in [5.41, 5.74) is 2.62. The summed E-state index contributed by atoms with van der Waals surface area (Å²) in [6.07, 6.45) is 2.66. The summed E-state index contributed by atoms with van der Waals surface area (Å²) in [6, 6.07) is 13.1. The van der Waals surface area contributed by atoms with Gasteiger partial charge in [-0.25, -0.2) is 0 Å². The zero-order chi connectivity index (χ0) is 20.8. The number of carbonyl (C=O) groups excluding carboxylic acids is 1. The molecule has 1 heterocycles. The first-order valence-corrected chi connectivity index (χ1v) is 10.7. The highest BCUT2D eigenvalue weighted by atomic mass is 35.5. The zero-order valence-corrected chi connectivity index (χ0v) is 19.8. The molecule has 0 aliphatic carbocycles. The van der Waals surface area contributed by atoms with E-state index >= 15 is 0 Å². The third kappa shape index (κ3) is 6.52. The van der Waals surface area contributed by atoms with Crippen LogP contribution < -0.4 is 0 Å². The van der Waals surface area contributed by atoms with Crippen LogP contribution in [0.1, 0.15) is 30.0 Å². The van der Waals surface area contributed by atoms with Crippen LogP contribution in [0.2, 0.25) is 10.0 Å². The Balaban J connectivity index is 0.00000320. The summed E-state index contributed by atoms with van der Waals surface area (Å²) in [5, 5.41) is 3.35. The number of halogens is 3. The molecular weight excluding hydrogens is 461 g/mol. The smallest absolute Gasteiger partial charge is 0.227 e. The van der Waals surface area contributed by atoms with E-state index in [9.17, 15) is 4.79 Å². The molecule has 4 nitrogen and oxygen atoms in total. The number of hydrogen-bond acceptors (Lipinski definition) is 4. The molecule has 0 N–H and O–H groups in total. The molecule has 1 saturated heterocycles. The van der Waals surface area contributed by atoms with E-state index in [0.29, 0.717) is 10.0 Å². The number of benzene rings is 2. The van der Waals surface area contributed by atoms with Gasteiger partial charge in [-0.15, -0.1) is 12.4 Å². The second kappa shape index (κ2) is 11.8. The number of amides is 1. The molecule has 1 amide bonds. The molecule has 0 radical (unpaired) electrons. The molecule has 1 aliphatic rings. The van der Waals surface area contributed by atoms with Crippen molar-refractivity contribution in [2.45, 2.75) is 25.3 Å². The van der Waals surface area contributed by atoms with Gasteiger partial charge in [0.15, 0.2) is 0 Å². The molecule has 2 aromatic carbocycles. The van der Waals surface area contributed by atoms with Gasteiger partial charge in [0, 0.05) is 13.6 Å². The molecule has 2 aromatic rings. The first-order chi connectivity index (χ1) is 14.0. The molecule has 30 heavy (non-hydrogen) atoms. The van der Waals surface area contributed by atoms with Gasteiger partial charge in [0.2, 0.25) is 5.91 Å². The van der Waals surface area contributed by atoms with Crippen molar-refractivity contribution in [1.29, 1.82) is 0 Å². The number of nitrogens with zero attached hydrogens (tertiary/aromatic N) is 3. The Labute approximate surface area is 199 Å². The van der Waals surface area contributed by atoms with Crippen molar-refractivity contribution in [1.82, 2.24) is 9.80 Å². The fraction of sp³-hybridized carbons (Fsp3) is 0.364. The molecule has 8 heteroatoms. The van der Waals surface area contributed by atoms with Crippen LogP contribution in [0.5, 0.6) is 0 Å².